The largest absolute Gasteiger partial charge is 0.310 e. The van der Waals surface area contributed by atoms with Crippen LogP contribution in [0, 0.1) is 11.8 Å². The summed E-state index contributed by atoms with van der Waals surface area (Å²) in [7, 11) is 0. The van der Waals surface area contributed by atoms with Crippen molar-refractivity contribution in [3.05, 3.63) is 252 Å². The van der Waals surface area contributed by atoms with E-state index in [4.69, 9.17) is 0 Å². The van der Waals surface area contributed by atoms with Gasteiger partial charge in [-0.3, -0.25) is 0 Å². The van der Waals surface area contributed by atoms with Gasteiger partial charge in [0, 0.05) is 33.6 Å². The van der Waals surface area contributed by atoms with Crippen molar-refractivity contribution >= 4 is 34.1 Å². The van der Waals surface area contributed by atoms with Crippen LogP contribution < -0.4 is 9.80 Å². The van der Waals surface area contributed by atoms with Crippen molar-refractivity contribution in [3.63, 3.8) is 0 Å². The highest BCUT2D eigenvalue weighted by Gasteiger charge is 2.62. The summed E-state index contributed by atoms with van der Waals surface area (Å²) in [5, 5.41) is 0. The number of rotatable bonds is 8. The summed E-state index contributed by atoms with van der Waals surface area (Å²) in [6, 6.07) is 81.9. The molecule has 0 bridgehead atoms. The van der Waals surface area contributed by atoms with Crippen molar-refractivity contribution in [1.82, 2.24) is 0 Å². The lowest BCUT2D eigenvalue weighted by Crippen LogP contribution is -2.34. The molecule has 9 aromatic carbocycles. The maximum Gasteiger partial charge on any atom is 0.0505 e. The average Bonchev–Trinajstić information content (AvgIpc) is 4.07. The first-order valence-corrected chi connectivity index (χ1v) is 23.9. The van der Waals surface area contributed by atoms with Crippen LogP contribution in [0.3, 0.4) is 0 Å². The Kier molecular flexibility index (Phi) is 8.90. The number of hydrogen-bond acceptors (Lipinski definition) is 2. The van der Waals surface area contributed by atoms with Crippen molar-refractivity contribution in [2.75, 3.05) is 9.80 Å². The summed E-state index contributed by atoms with van der Waals surface area (Å²) < 4.78 is 0. The Balaban J connectivity index is 1.03. The molecule has 13 rings (SSSR count). The highest BCUT2D eigenvalue weighted by Crippen LogP contribution is 2.69. The minimum absolute atomic E-state index is 0.130. The van der Waals surface area contributed by atoms with Crippen LogP contribution >= 0.6 is 0 Å². The highest BCUT2D eigenvalue weighted by molar-refractivity contribution is 5.90. The zero-order valence-electron chi connectivity index (χ0n) is 37.7. The topological polar surface area (TPSA) is 6.48 Å². The molecule has 0 amide bonds. The molecule has 3 atom stereocenters. The molecule has 1 fully saturated rings. The number of benzene rings is 9. The summed E-state index contributed by atoms with van der Waals surface area (Å²) in [4.78, 5) is 5.17. The summed E-state index contributed by atoms with van der Waals surface area (Å²) in [6.07, 6.45) is 4.68. The standard InChI is InChI=1S/C64H52N2/c1-63(2)57-29-15-14-28-55(57)56-39-38-52(42-58(56)63)66(51-36-32-44(33-37-51)54-27-13-12-26-53(54)43-18-6-3-7-19-43)60-31-17-21-46-41-48-35-34-47-40-45-20-16-30-59(61(45)64(47,48)62(46)60)65(49-22-8-4-9-23-49)50-24-10-5-11-25-50/h3-33,36-39,42,47-48H,34-35,40-41H2,1-2H3. The van der Waals surface area contributed by atoms with Crippen LogP contribution in [0.2, 0.25) is 0 Å². The van der Waals surface area contributed by atoms with Gasteiger partial charge in [0.15, 0.2) is 0 Å². The summed E-state index contributed by atoms with van der Waals surface area (Å²) in [5.74, 6) is 1.03. The molecule has 2 nitrogen and oxygen atoms in total. The molecule has 9 aromatic rings. The third-order valence-electron chi connectivity index (χ3n) is 16.0. The second-order valence-electron chi connectivity index (χ2n) is 19.6. The van der Waals surface area contributed by atoms with Gasteiger partial charge in [0.1, 0.15) is 0 Å². The molecule has 0 aromatic heterocycles. The summed E-state index contributed by atoms with van der Waals surface area (Å²) in [5.41, 5.74) is 23.6. The lowest BCUT2D eigenvalue weighted by Gasteiger charge is -2.40. The van der Waals surface area contributed by atoms with E-state index in [-0.39, 0.29) is 10.8 Å². The second kappa shape index (κ2) is 15.1. The number of para-hydroxylation sites is 2. The number of anilines is 6. The molecule has 0 heterocycles. The van der Waals surface area contributed by atoms with Gasteiger partial charge in [-0.25, -0.2) is 0 Å². The lowest BCUT2D eigenvalue weighted by molar-refractivity contribution is 0.350. The molecule has 4 aliphatic rings. The molecule has 4 aliphatic carbocycles. The Labute approximate surface area is 389 Å². The van der Waals surface area contributed by atoms with Crippen LogP contribution in [0.5, 0.6) is 0 Å². The third-order valence-corrected chi connectivity index (χ3v) is 16.0. The van der Waals surface area contributed by atoms with Gasteiger partial charge in [0.2, 0.25) is 0 Å². The van der Waals surface area contributed by atoms with Crippen LogP contribution in [0.15, 0.2) is 218 Å². The van der Waals surface area contributed by atoms with Gasteiger partial charge in [-0.2, -0.15) is 0 Å². The first-order chi connectivity index (χ1) is 32.5. The molecule has 318 valence electrons. The molecule has 3 unspecified atom stereocenters. The number of hydrogen-bond donors (Lipinski definition) is 0. The number of fused-ring (bicyclic) bond motifs is 5. The minimum Gasteiger partial charge on any atom is -0.310 e. The monoisotopic (exact) mass is 848 g/mol. The molecule has 66 heavy (non-hydrogen) atoms. The van der Waals surface area contributed by atoms with Crippen LogP contribution in [0.1, 0.15) is 60.1 Å². The van der Waals surface area contributed by atoms with Gasteiger partial charge in [-0.15, -0.1) is 0 Å². The quantitative estimate of drug-likeness (QED) is 0.150. The van der Waals surface area contributed by atoms with Gasteiger partial charge in [-0.1, -0.05) is 172 Å². The van der Waals surface area contributed by atoms with Crippen LogP contribution in [0.25, 0.3) is 33.4 Å². The SMILES string of the molecule is CC1(C)c2ccccc2-c2ccc(N(c3ccc(-c4ccccc4-c4ccccc4)cc3)c3cccc4c3C35c6c(cccc6N(c6ccccc6)c6ccccc6)CC3CCC5C4)cc21. The van der Waals surface area contributed by atoms with Crippen molar-refractivity contribution in [3.8, 4) is 33.4 Å². The predicted octanol–water partition coefficient (Wildman–Crippen LogP) is 16.7. The van der Waals surface area contributed by atoms with Crippen LogP contribution in [-0.4, -0.2) is 0 Å². The van der Waals surface area contributed by atoms with Crippen LogP contribution in [-0.2, 0) is 23.7 Å². The normalized spacial score (nSPS) is 19.0. The van der Waals surface area contributed by atoms with E-state index >= 15 is 0 Å². The van der Waals surface area contributed by atoms with Gasteiger partial charge < -0.3 is 9.80 Å². The van der Waals surface area contributed by atoms with Gasteiger partial charge in [-0.05, 0) is 165 Å². The smallest absolute Gasteiger partial charge is 0.0505 e. The highest BCUT2D eigenvalue weighted by atomic mass is 15.2. The van der Waals surface area contributed by atoms with Crippen LogP contribution in [0.4, 0.5) is 34.1 Å². The Morgan fingerprint density at radius 2 is 0.803 bits per heavy atom. The fraction of sp³-hybridized carbons (Fsp3) is 0.156. The fourth-order valence-electron chi connectivity index (χ4n) is 13.3. The third kappa shape index (κ3) is 5.73. The predicted molar refractivity (Wildman–Crippen MR) is 275 cm³/mol. The van der Waals surface area contributed by atoms with E-state index in [1.54, 1.807) is 0 Å². The number of nitrogens with zero attached hydrogens (tertiary/aromatic N) is 2. The molecular formula is C64H52N2. The molecule has 0 N–H and O–H groups in total. The summed E-state index contributed by atoms with van der Waals surface area (Å²) >= 11 is 0. The molecule has 0 radical (unpaired) electrons. The first kappa shape index (κ1) is 39.0. The van der Waals surface area contributed by atoms with E-state index < -0.39 is 0 Å². The maximum absolute atomic E-state index is 2.63. The molecule has 0 aliphatic heterocycles. The molecular weight excluding hydrogens is 797 g/mol. The first-order valence-electron chi connectivity index (χ1n) is 23.9. The zero-order chi connectivity index (χ0) is 44.0. The fourth-order valence-corrected chi connectivity index (χ4v) is 13.3. The van der Waals surface area contributed by atoms with Crippen molar-refractivity contribution < 1.29 is 0 Å². The van der Waals surface area contributed by atoms with Gasteiger partial charge >= 0.3 is 0 Å². The molecule has 1 spiro atoms. The Morgan fingerprint density at radius 1 is 0.364 bits per heavy atom. The van der Waals surface area contributed by atoms with E-state index in [1.807, 2.05) is 0 Å². The van der Waals surface area contributed by atoms with E-state index in [0.717, 1.165) is 12.8 Å². The Bertz CT molecular complexity index is 3250. The Hall–Kier alpha value is -7.42. The van der Waals surface area contributed by atoms with E-state index in [0.29, 0.717) is 11.8 Å². The van der Waals surface area contributed by atoms with Crippen molar-refractivity contribution in [2.24, 2.45) is 11.8 Å². The molecule has 2 heteroatoms. The van der Waals surface area contributed by atoms with Gasteiger partial charge in [0.05, 0.1) is 11.4 Å². The van der Waals surface area contributed by atoms with E-state index in [9.17, 15) is 0 Å². The van der Waals surface area contributed by atoms with Gasteiger partial charge in [0.25, 0.3) is 0 Å². The minimum atomic E-state index is -0.140. The summed E-state index contributed by atoms with van der Waals surface area (Å²) in [6.45, 7) is 4.81. The Morgan fingerprint density at radius 3 is 1.38 bits per heavy atom. The molecule has 0 saturated heterocycles. The lowest BCUT2D eigenvalue weighted by atomic mass is 9.68. The maximum atomic E-state index is 2.63. The second-order valence-corrected chi connectivity index (χ2v) is 19.6. The molecule has 1 saturated carbocycles. The van der Waals surface area contributed by atoms with Crippen molar-refractivity contribution in [1.29, 1.82) is 0 Å². The zero-order valence-corrected chi connectivity index (χ0v) is 37.7. The van der Waals surface area contributed by atoms with Crippen molar-refractivity contribution in [2.45, 2.75) is 50.4 Å². The average molecular weight is 849 g/mol. The van der Waals surface area contributed by atoms with E-state index in [2.05, 4.69) is 242 Å². The van der Waals surface area contributed by atoms with E-state index in [1.165, 1.54) is 114 Å².